The lowest BCUT2D eigenvalue weighted by molar-refractivity contribution is -0.124. The number of carbonyl (C=O) groups excluding carboxylic acids is 4. The molecule has 4 amide bonds. The van der Waals surface area contributed by atoms with Crippen molar-refractivity contribution in [3.63, 3.8) is 0 Å². The number of anilines is 1. The highest BCUT2D eigenvalue weighted by Crippen LogP contribution is 2.58. The highest BCUT2D eigenvalue weighted by atomic mass is 16.2. The fourth-order valence-electron chi connectivity index (χ4n) is 7.00. The van der Waals surface area contributed by atoms with Gasteiger partial charge in [-0.25, -0.2) is 4.98 Å². The molecule has 0 radical (unpaired) electrons. The van der Waals surface area contributed by atoms with E-state index in [9.17, 15) is 24.0 Å². The van der Waals surface area contributed by atoms with E-state index in [2.05, 4.69) is 20.9 Å². The lowest BCUT2D eigenvalue weighted by Crippen LogP contribution is -2.46. The van der Waals surface area contributed by atoms with Crippen LogP contribution in [0.4, 0.5) is 5.69 Å². The van der Waals surface area contributed by atoms with Crippen molar-refractivity contribution < 1.29 is 19.2 Å². The predicted molar refractivity (Wildman–Crippen MR) is 155 cm³/mol. The lowest BCUT2D eigenvalue weighted by atomic mass is 9.79. The highest BCUT2D eigenvalue weighted by molar-refractivity contribution is 6.00. The first-order chi connectivity index (χ1) is 20.1. The zero-order chi connectivity index (χ0) is 30.0. The summed E-state index contributed by atoms with van der Waals surface area (Å²) in [5.41, 5.74) is -0.238. The maximum absolute atomic E-state index is 13.3. The maximum atomic E-state index is 13.3. The van der Waals surface area contributed by atoms with Crippen molar-refractivity contribution in [2.75, 3.05) is 19.4 Å². The third-order valence-electron chi connectivity index (χ3n) is 8.97. The van der Waals surface area contributed by atoms with Crippen LogP contribution in [0.1, 0.15) is 49.0 Å². The van der Waals surface area contributed by atoms with Gasteiger partial charge in [0.2, 0.25) is 17.7 Å². The van der Waals surface area contributed by atoms with Crippen molar-refractivity contribution >= 4 is 29.3 Å². The molecule has 0 aromatic carbocycles. The Labute approximate surface area is 244 Å². The Morgan fingerprint density at radius 2 is 1.93 bits per heavy atom. The zero-order valence-electron chi connectivity index (χ0n) is 24.3. The lowest BCUT2D eigenvalue weighted by Gasteiger charge is -2.32. The minimum absolute atomic E-state index is 0.00645. The molecule has 4 saturated carbocycles. The van der Waals surface area contributed by atoms with Gasteiger partial charge in [0.1, 0.15) is 24.0 Å². The second-order valence-electron chi connectivity index (χ2n) is 12.1. The second-order valence-corrected chi connectivity index (χ2v) is 12.1. The number of amides is 4. The maximum Gasteiger partial charge on any atom is 0.274 e. The number of likely N-dealkylation sites (N-methyl/N-ethyl adjacent to an activating group) is 1. The molecule has 4 aliphatic carbocycles. The average molecular weight is 578 g/mol. The van der Waals surface area contributed by atoms with Crippen molar-refractivity contribution in [1.29, 1.82) is 0 Å². The Morgan fingerprint density at radius 3 is 2.64 bits per heavy atom. The number of carbonyl (C=O) groups is 4. The van der Waals surface area contributed by atoms with Crippen molar-refractivity contribution in [3.05, 3.63) is 59.1 Å². The second kappa shape index (κ2) is 12.3. The number of hydrogen-bond acceptors (Lipinski definition) is 6. The minimum atomic E-state index is -1.00. The molecule has 3 N–H and O–H groups in total. The standard InChI is InChI=1S/C30H39N7O5/c1-35(2)26(39)9-5-4-7-22(32-29(41)24-15-31-17-36(24)3)28(40)33-23-8-6-10-37(30(23)42)16-25(38)34-27-20-12-18-11-19(14-20)21(27)13-18/h5-6,8-10,15,17-22,27H,4,7,11-14,16H2,1-3H3,(H,32,41)(H,33,40)(H,34,38)/b9-5+/t18?,19?,20?,21?,22-,27?/m0/s1. The topological polar surface area (TPSA) is 147 Å². The molecule has 224 valence electrons. The fraction of sp³-hybridized carbons (Fsp3) is 0.533. The van der Waals surface area contributed by atoms with Crippen LogP contribution in [0.25, 0.3) is 0 Å². The van der Waals surface area contributed by atoms with Crippen LogP contribution >= 0.6 is 0 Å². The number of nitrogens with zero attached hydrogens (tertiary/aromatic N) is 4. The molecule has 0 spiro atoms. The van der Waals surface area contributed by atoms with Crippen LogP contribution in [0.2, 0.25) is 0 Å². The van der Waals surface area contributed by atoms with Crippen LogP contribution in [0.5, 0.6) is 0 Å². The van der Waals surface area contributed by atoms with Crippen LogP contribution < -0.4 is 21.5 Å². The van der Waals surface area contributed by atoms with E-state index in [0.717, 1.165) is 11.8 Å². The van der Waals surface area contributed by atoms with E-state index < -0.39 is 23.4 Å². The van der Waals surface area contributed by atoms with E-state index in [4.69, 9.17) is 0 Å². The Balaban J connectivity index is 1.24. The van der Waals surface area contributed by atoms with Gasteiger partial charge in [0.15, 0.2) is 0 Å². The molecule has 6 rings (SSSR count). The molecule has 2 heterocycles. The number of imidazole rings is 1. The van der Waals surface area contributed by atoms with E-state index in [1.165, 1.54) is 70.6 Å². The normalized spacial score (nSPS) is 24.5. The Bertz CT molecular complexity index is 1440. The van der Waals surface area contributed by atoms with Crippen molar-refractivity contribution in [2.45, 2.75) is 57.2 Å². The number of rotatable bonds is 11. The summed E-state index contributed by atoms with van der Waals surface area (Å²) in [5, 5.41) is 8.54. The largest absolute Gasteiger partial charge is 0.351 e. The summed E-state index contributed by atoms with van der Waals surface area (Å²) in [4.78, 5) is 69.6. The summed E-state index contributed by atoms with van der Waals surface area (Å²) < 4.78 is 2.82. The van der Waals surface area contributed by atoms with Gasteiger partial charge < -0.3 is 30.0 Å². The summed E-state index contributed by atoms with van der Waals surface area (Å²) in [6.45, 7) is -0.141. The SMILES string of the molecule is CN(C)C(=O)/C=C/CC[C@H](NC(=O)c1cncn1C)C(=O)Nc1cccn(CC(=O)NC2C3CC4CC(C3)C2C4)c1=O. The Kier molecular flexibility index (Phi) is 8.60. The molecule has 42 heavy (non-hydrogen) atoms. The zero-order valence-corrected chi connectivity index (χ0v) is 24.3. The molecule has 0 saturated heterocycles. The van der Waals surface area contributed by atoms with Gasteiger partial charge in [0.25, 0.3) is 11.5 Å². The van der Waals surface area contributed by atoms with Gasteiger partial charge in [-0.2, -0.15) is 0 Å². The van der Waals surface area contributed by atoms with Crippen molar-refractivity contribution in [2.24, 2.45) is 30.7 Å². The van der Waals surface area contributed by atoms with Gasteiger partial charge in [0.05, 0.1) is 12.5 Å². The van der Waals surface area contributed by atoms with Crippen LogP contribution in [0, 0.1) is 23.7 Å². The molecular weight excluding hydrogens is 538 g/mol. The molecule has 4 bridgehead atoms. The average Bonchev–Trinajstić information content (AvgIpc) is 3.57. The Morgan fingerprint density at radius 1 is 1.14 bits per heavy atom. The van der Waals surface area contributed by atoms with Crippen LogP contribution in [-0.2, 0) is 28.0 Å². The van der Waals surface area contributed by atoms with Gasteiger partial charge in [-0.3, -0.25) is 24.0 Å². The number of allylic oxidation sites excluding steroid dienone is 1. The highest BCUT2D eigenvalue weighted by Gasteiger charge is 2.54. The summed E-state index contributed by atoms with van der Waals surface area (Å²) in [7, 11) is 4.93. The number of hydrogen-bond donors (Lipinski definition) is 3. The first-order valence-corrected chi connectivity index (χ1v) is 14.6. The van der Waals surface area contributed by atoms with E-state index in [0.29, 0.717) is 18.3 Å². The molecule has 0 aliphatic heterocycles. The summed E-state index contributed by atoms with van der Waals surface area (Å²) >= 11 is 0. The first kappa shape index (κ1) is 29.3. The quantitative estimate of drug-likeness (QED) is 0.343. The van der Waals surface area contributed by atoms with Gasteiger partial charge >= 0.3 is 0 Å². The smallest absolute Gasteiger partial charge is 0.274 e. The summed E-state index contributed by atoms with van der Waals surface area (Å²) in [5.74, 6) is 1.12. The molecule has 2 aromatic rings. The van der Waals surface area contributed by atoms with E-state index in [-0.39, 0.29) is 42.2 Å². The minimum Gasteiger partial charge on any atom is -0.351 e. The van der Waals surface area contributed by atoms with Crippen LogP contribution in [0.15, 0.2) is 47.8 Å². The fourth-order valence-corrected chi connectivity index (χ4v) is 7.00. The summed E-state index contributed by atoms with van der Waals surface area (Å²) in [6.07, 6.45) is 12.8. The van der Waals surface area contributed by atoms with Crippen LogP contribution in [-0.4, -0.2) is 68.8 Å². The van der Waals surface area contributed by atoms with E-state index in [1.54, 1.807) is 33.3 Å². The van der Waals surface area contributed by atoms with Gasteiger partial charge in [-0.05, 0) is 80.4 Å². The van der Waals surface area contributed by atoms with Gasteiger partial charge in [-0.15, -0.1) is 0 Å². The van der Waals surface area contributed by atoms with Crippen molar-refractivity contribution in [3.8, 4) is 0 Å². The number of aryl methyl sites for hydroxylation is 1. The number of aromatic nitrogens is 3. The molecule has 12 nitrogen and oxygen atoms in total. The monoisotopic (exact) mass is 577 g/mol. The number of pyridine rings is 1. The molecule has 6 atom stereocenters. The predicted octanol–water partition coefficient (Wildman–Crippen LogP) is 1.29. The Hall–Kier alpha value is -4.22. The third kappa shape index (κ3) is 6.32. The van der Waals surface area contributed by atoms with Gasteiger partial charge in [-0.1, -0.05) is 6.08 Å². The molecule has 12 heteroatoms. The first-order valence-electron chi connectivity index (χ1n) is 14.6. The van der Waals surface area contributed by atoms with Crippen molar-refractivity contribution in [1.82, 2.24) is 29.7 Å². The third-order valence-corrected chi connectivity index (χ3v) is 8.97. The van der Waals surface area contributed by atoms with Gasteiger partial charge in [0, 0.05) is 33.4 Å². The summed E-state index contributed by atoms with van der Waals surface area (Å²) in [6, 6.07) is 2.25. The molecular formula is C30H39N7O5. The molecule has 5 unspecified atom stereocenters. The number of nitrogens with one attached hydrogen (secondary N) is 3. The molecule has 4 fully saturated rings. The molecule has 4 aliphatic rings. The van der Waals surface area contributed by atoms with E-state index >= 15 is 0 Å². The molecule has 2 aromatic heterocycles. The van der Waals surface area contributed by atoms with Crippen LogP contribution in [0.3, 0.4) is 0 Å². The van der Waals surface area contributed by atoms with E-state index in [1.807, 2.05) is 0 Å².